The fourth-order valence-electron chi connectivity index (χ4n) is 2.98. The van der Waals surface area contributed by atoms with Crippen molar-refractivity contribution in [2.75, 3.05) is 6.54 Å². The van der Waals surface area contributed by atoms with Crippen LogP contribution < -0.4 is 0 Å². The second-order valence-electron chi connectivity index (χ2n) is 5.30. The molecule has 90 valence electrons. The Morgan fingerprint density at radius 2 is 2.00 bits per heavy atom. The van der Waals surface area contributed by atoms with Crippen molar-refractivity contribution in [3.05, 3.63) is 0 Å². The number of carboxylic acids is 1. The molecule has 0 aromatic rings. The molecule has 0 radical (unpaired) electrons. The lowest BCUT2D eigenvalue weighted by molar-refractivity contribution is -0.141. The van der Waals surface area contributed by atoms with E-state index in [9.17, 15) is 9.59 Å². The standard InChI is InChI=1S/C12H19NO3/c1-12(5-3-2-4-6-12)13-8-9(11(15)16)7-10(13)14/h9H,2-8H2,1H3,(H,15,16). The number of aliphatic carboxylic acids is 1. The van der Waals surface area contributed by atoms with Gasteiger partial charge in [-0.3, -0.25) is 9.59 Å². The third kappa shape index (κ3) is 1.93. The van der Waals surface area contributed by atoms with Crippen LogP contribution in [0.4, 0.5) is 0 Å². The second kappa shape index (κ2) is 4.07. The third-order valence-corrected chi connectivity index (χ3v) is 4.06. The average Bonchev–Trinajstić information content (AvgIpc) is 2.62. The smallest absolute Gasteiger partial charge is 0.308 e. The lowest BCUT2D eigenvalue weighted by Gasteiger charge is -2.42. The molecule has 16 heavy (non-hydrogen) atoms. The van der Waals surface area contributed by atoms with Crippen LogP contribution in [0, 0.1) is 5.92 Å². The van der Waals surface area contributed by atoms with Crippen molar-refractivity contribution in [3.8, 4) is 0 Å². The van der Waals surface area contributed by atoms with Gasteiger partial charge < -0.3 is 10.0 Å². The van der Waals surface area contributed by atoms with E-state index < -0.39 is 11.9 Å². The maximum atomic E-state index is 11.9. The number of carboxylic acid groups (broad SMARTS) is 1. The van der Waals surface area contributed by atoms with Gasteiger partial charge in [-0.2, -0.15) is 0 Å². The number of carbonyl (C=O) groups is 2. The summed E-state index contributed by atoms with van der Waals surface area (Å²) in [5.74, 6) is -1.31. The van der Waals surface area contributed by atoms with Gasteiger partial charge in [-0.1, -0.05) is 19.3 Å². The molecule has 2 rings (SSSR count). The lowest BCUT2D eigenvalue weighted by Crippen LogP contribution is -2.48. The lowest BCUT2D eigenvalue weighted by atomic mass is 9.82. The quantitative estimate of drug-likeness (QED) is 0.777. The molecule has 1 heterocycles. The zero-order chi connectivity index (χ0) is 11.8. The van der Waals surface area contributed by atoms with Crippen LogP contribution in [0.3, 0.4) is 0 Å². The van der Waals surface area contributed by atoms with Gasteiger partial charge in [0, 0.05) is 18.5 Å². The van der Waals surface area contributed by atoms with E-state index in [1.54, 1.807) is 0 Å². The van der Waals surface area contributed by atoms with Gasteiger partial charge in [0.05, 0.1) is 5.92 Å². The highest BCUT2D eigenvalue weighted by atomic mass is 16.4. The molecule has 0 aromatic carbocycles. The topological polar surface area (TPSA) is 57.6 Å². The Bertz CT molecular complexity index is 307. The van der Waals surface area contributed by atoms with E-state index in [0.717, 1.165) is 25.7 Å². The number of nitrogens with zero attached hydrogens (tertiary/aromatic N) is 1. The fourth-order valence-corrected chi connectivity index (χ4v) is 2.98. The third-order valence-electron chi connectivity index (χ3n) is 4.06. The van der Waals surface area contributed by atoms with Crippen molar-refractivity contribution in [2.24, 2.45) is 5.92 Å². The van der Waals surface area contributed by atoms with E-state index in [2.05, 4.69) is 6.92 Å². The Kier molecular flexibility index (Phi) is 2.91. The number of likely N-dealkylation sites (tertiary alicyclic amines) is 1. The molecule has 1 saturated carbocycles. The van der Waals surface area contributed by atoms with Crippen molar-refractivity contribution in [2.45, 2.75) is 51.0 Å². The molecule has 1 atom stereocenters. The minimum Gasteiger partial charge on any atom is -0.481 e. The van der Waals surface area contributed by atoms with Gasteiger partial charge in [0.15, 0.2) is 0 Å². The Labute approximate surface area is 95.6 Å². The normalized spacial score (nSPS) is 29.4. The molecule has 1 saturated heterocycles. The van der Waals surface area contributed by atoms with E-state index in [4.69, 9.17) is 5.11 Å². The molecule has 0 bridgehead atoms. The maximum absolute atomic E-state index is 11.9. The predicted molar refractivity (Wildman–Crippen MR) is 58.9 cm³/mol. The van der Waals surface area contributed by atoms with E-state index in [-0.39, 0.29) is 17.9 Å². The number of rotatable bonds is 2. The number of carbonyl (C=O) groups excluding carboxylic acids is 1. The molecule has 1 aliphatic carbocycles. The van der Waals surface area contributed by atoms with Crippen LogP contribution in [0.2, 0.25) is 0 Å². The highest BCUT2D eigenvalue weighted by molar-refractivity contribution is 5.86. The molecule has 4 heteroatoms. The van der Waals surface area contributed by atoms with Gasteiger partial charge in [0.2, 0.25) is 5.91 Å². The van der Waals surface area contributed by atoms with Crippen molar-refractivity contribution in [3.63, 3.8) is 0 Å². The highest BCUT2D eigenvalue weighted by Gasteiger charge is 2.43. The molecule has 2 fully saturated rings. The summed E-state index contributed by atoms with van der Waals surface area (Å²) in [5, 5.41) is 8.95. The minimum absolute atomic E-state index is 0.0248. The fraction of sp³-hybridized carbons (Fsp3) is 0.833. The minimum atomic E-state index is -0.838. The van der Waals surface area contributed by atoms with Crippen LogP contribution in [0.5, 0.6) is 0 Å². The molecular formula is C12H19NO3. The zero-order valence-corrected chi connectivity index (χ0v) is 9.74. The predicted octanol–water partition coefficient (Wildman–Crippen LogP) is 1.64. The van der Waals surface area contributed by atoms with Gasteiger partial charge >= 0.3 is 5.97 Å². The van der Waals surface area contributed by atoms with Crippen molar-refractivity contribution in [1.82, 2.24) is 4.90 Å². The summed E-state index contributed by atoms with van der Waals surface area (Å²) in [5.41, 5.74) is -0.0838. The molecule has 4 nitrogen and oxygen atoms in total. The highest BCUT2D eigenvalue weighted by Crippen LogP contribution is 2.37. The molecular weight excluding hydrogens is 206 g/mol. The molecule has 0 spiro atoms. The van der Waals surface area contributed by atoms with Gasteiger partial charge in [-0.05, 0) is 19.8 Å². The SMILES string of the molecule is CC1(N2CC(C(=O)O)CC2=O)CCCCC1. The Hall–Kier alpha value is -1.06. The monoisotopic (exact) mass is 225 g/mol. The Balaban J connectivity index is 2.09. The largest absolute Gasteiger partial charge is 0.481 e. The van der Waals surface area contributed by atoms with Gasteiger partial charge in [0.1, 0.15) is 0 Å². The van der Waals surface area contributed by atoms with Crippen LogP contribution in [0.25, 0.3) is 0 Å². The first-order valence-corrected chi connectivity index (χ1v) is 6.06. The Morgan fingerprint density at radius 1 is 1.38 bits per heavy atom. The van der Waals surface area contributed by atoms with E-state index in [1.807, 2.05) is 4.90 Å². The van der Waals surface area contributed by atoms with E-state index >= 15 is 0 Å². The average molecular weight is 225 g/mol. The molecule has 2 aliphatic rings. The molecule has 1 N–H and O–H groups in total. The van der Waals surface area contributed by atoms with Crippen LogP contribution in [0.1, 0.15) is 45.4 Å². The van der Waals surface area contributed by atoms with Crippen LogP contribution in [-0.2, 0) is 9.59 Å². The summed E-state index contributed by atoms with van der Waals surface area (Å²) in [6, 6.07) is 0. The first-order valence-electron chi connectivity index (χ1n) is 6.06. The number of hydrogen-bond acceptors (Lipinski definition) is 2. The van der Waals surface area contributed by atoms with Crippen LogP contribution in [-0.4, -0.2) is 34.0 Å². The molecule has 1 unspecified atom stereocenters. The Morgan fingerprint density at radius 3 is 2.50 bits per heavy atom. The molecule has 1 amide bonds. The van der Waals surface area contributed by atoms with Gasteiger partial charge in [-0.15, -0.1) is 0 Å². The van der Waals surface area contributed by atoms with Crippen molar-refractivity contribution in [1.29, 1.82) is 0 Å². The first-order chi connectivity index (χ1) is 7.53. The van der Waals surface area contributed by atoms with E-state index in [0.29, 0.717) is 6.54 Å². The summed E-state index contributed by atoms with van der Waals surface area (Å²) in [4.78, 5) is 24.6. The molecule has 0 aromatic heterocycles. The maximum Gasteiger partial charge on any atom is 0.308 e. The van der Waals surface area contributed by atoms with Crippen molar-refractivity contribution < 1.29 is 14.7 Å². The summed E-state index contributed by atoms with van der Waals surface area (Å²) < 4.78 is 0. The van der Waals surface area contributed by atoms with Crippen molar-refractivity contribution >= 4 is 11.9 Å². The summed E-state index contributed by atoms with van der Waals surface area (Å²) >= 11 is 0. The van der Waals surface area contributed by atoms with Gasteiger partial charge in [-0.25, -0.2) is 0 Å². The van der Waals surface area contributed by atoms with Crippen LogP contribution >= 0.6 is 0 Å². The summed E-state index contributed by atoms with van der Waals surface area (Å²) in [6.07, 6.45) is 5.76. The molecule has 1 aliphatic heterocycles. The van der Waals surface area contributed by atoms with Crippen LogP contribution in [0.15, 0.2) is 0 Å². The zero-order valence-electron chi connectivity index (χ0n) is 9.74. The first kappa shape index (κ1) is 11.4. The summed E-state index contributed by atoms with van der Waals surface area (Å²) in [6.45, 7) is 2.51. The second-order valence-corrected chi connectivity index (χ2v) is 5.30. The number of hydrogen-bond donors (Lipinski definition) is 1. The summed E-state index contributed by atoms with van der Waals surface area (Å²) in [7, 11) is 0. The van der Waals surface area contributed by atoms with Gasteiger partial charge in [0.25, 0.3) is 0 Å². The van der Waals surface area contributed by atoms with E-state index in [1.165, 1.54) is 6.42 Å². The number of amides is 1.